The minimum atomic E-state index is 0.0492. The van der Waals surface area contributed by atoms with Crippen molar-refractivity contribution in [3.05, 3.63) is 35.9 Å². The van der Waals surface area contributed by atoms with Crippen molar-refractivity contribution >= 4 is 0 Å². The summed E-state index contributed by atoms with van der Waals surface area (Å²) >= 11 is 0. The summed E-state index contributed by atoms with van der Waals surface area (Å²) in [7, 11) is 0. The summed E-state index contributed by atoms with van der Waals surface area (Å²) < 4.78 is 11.4. The van der Waals surface area contributed by atoms with Crippen LogP contribution in [0.4, 0.5) is 0 Å². The van der Waals surface area contributed by atoms with Gasteiger partial charge in [-0.05, 0) is 24.8 Å². The third-order valence-corrected chi connectivity index (χ3v) is 4.56. The van der Waals surface area contributed by atoms with Crippen molar-refractivity contribution in [2.45, 2.75) is 32.1 Å². The SMILES string of the molecule is c1ccc(CN2CCN(CCO[C@H]3CCCCO3)CC2)cc1. The summed E-state index contributed by atoms with van der Waals surface area (Å²) in [6.45, 7) is 8.33. The summed E-state index contributed by atoms with van der Waals surface area (Å²) in [5.74, 6) is 0. The van der Waals surface area contributed by atoms with Gasteiger partial charge in [0.25, 0.3) is 0 Å². The molecule has 0 spiro atoms. The lowest BCUT2D eigenvalue weighted by molar-refractivity contribution is -0.164. The lowest BCUT2D eigenvalue weighted by atomic mass is 10.2. The summed E-state index contributed by atoms with van der Waals surface area (Å²) in [5, 5.41) is 0. The molecule has 2 heterocycles. The molecule has 1 atom stereocenters. The van der Waals surface area contributed by atoms with Crippen LogP contribution in [-0.4, -0.2) is 62.0 Å². The van der Waals surface area contributed by atoms with Crippen LogP contribution in [0.1, 0.15) is 24.8 Å². The monoisotopic (exact) mass is 304 g/mol. The Morgan fingerprint density at radius 2 is 1.77 bits per heavy atom. The Labute approximate surface area is 134 Å². The summed E-state index contributed by atoms with van der Waals surface area (Å²) in [4.78, 5) is 5.04. The van der Waals surface area contributed by atoms with Crippen molar-refractivity contribution in [3.63, 3.8) is 0 Å². The molecule has 4 heteroatoms. The molecule has 4 nitrogen and oxygen atoms in total. The highest BCUT2D eigenvalue weighted by molar-refractivity contribution is 5.14. The van der Waals surface area contributed by atoms with Crippen LogP contribution in [0.2, 0.25) is 0 Å². The van der Waals surface area contributed by atoms with E-state index >= 15 is 0 Å². The maximum atomic E-state index is 5.83. The van der Waals surface area contributed by atoms with Crippen LogP contribution in [0.15, 0.2) is 30.3 Å². The Morgan fingerprint density at radius 1 is 1.00 bits per heavy atom. The summed E-state index contributed by atoms with van der Waals surface area (Å²) in [6, 6.07) is 10.7. The number of nitrogens with zero attached hydrogens (tertiary/aromatic N) is 2. The van der Waals surface area contributed by atoms with Crippen molar-refractivity contribution in [1.82, 2.24) is 9.80 Å². The van der Waals surface area contributed by atoms with Crippen LogP contribution in [-0.2, 0) is 16.0 Å². The van der Waals surface area contributed by atoms with E-state index in [1.807, 2.05) is 0 Å². The highest BCUT2D eigenvalue weighted by atomic mass is 16.7. The van der Waals surface area contributed by atoms with E-state index in [2.05, 4.69) is 40.1 Å². The fourth-order valence-corrected chi connectivity index (χ4v) is 3.17. The molecule has 0 aliphatic carbocycles. The standard InChI is InChI=1S/C18H28N2O2/c1-2-6-17(7-3-1)16-20-11-9-19(10-12-20)13-15-22-18-8-4-5-14-21-18/h1-3,6-7,18H,4-5,8-16H2/t18-/m0/s1. The number of piperazine rings is 1. The zero-order chi connectivity index (χ0) is 15.0. The maximum Gasteiger partial charge on any atom is 0.157 e. The largest absolute Gasteiger partial charge is 0.353 e. The van der Waals surface area contributed by atoms with Gasteiger partial charge < -0.3 is 9.47 Å². The topological polar surface area (TPSA) is 24.9 Å². The number of hydrogen-bond acceptors (Lipinski definition) is 4. The molecular weight excluding hydrogens is 276 g/mol. The second kappa shape index (κ2) is 8.63. The predicted octanol–water partition coefficient (Wildman–Crippen LogP) is 2.35. The molecule has 0 unspecified atom stereocenters. The van der Waals surface area contributed by atoms with E-state index in [0.29, 0.717) is 0 Å². The zero-order valence-electron chi connectivity index (χ0n) is 13.5. The summed E-state index contributed by atoms with van der Waals surface area (Å²) in [5.41, 5.74) is 1.41. The third kappa shape index (κ3) is 5.06. The van der Waals surface area contributed by atoms with Gasteiger partial charge in [-0.3, -0.25) is 9.80 Å². The maximum absolute atomic E-state index is 5.83. The lowest BCUT2D eigenvalue weighted by Crippen LogP contribution is -2.47. The molecule has 1 aromatic rings. The molecule has 0 bridgehead atoms. The Balaban J connectivity index is 1.30. The van der Waals surface area contributed by atoms with E-state index in [1.54, 1.807) is 0 Å². The molecule has 0 amide bonds. The van der Waals surface area contributed by atoms with E-state index in [-0.39, 0.29) is 6.29 Å². The van der Waals surface area contributed by atoms with E-state index in [9.17, 15) is 0 Å². The number of hydrogen-bond donors (Lipinski definition) is 0. The quantitative estimate of drug-likeness (QED) is 0.805. The second-order valence-electron chi connectivity index (χ2n) is 6.27. The van der Waals surface area contributed by atoms with Gasteiger partial charge in [0.1, 0.15) is 0 Å². The van der Waals surface area contributed by atoms with Crippen molar-refractivity contribution < 1.29 is 9.47 Å². The average Bonchev–Trinajstić information content (AvgIpc) is 2.58. The number of benzene rings is 1. The Kier molecular flexibility index (Phi) is 6.25. The van der Waals surface area contributed by atoms with Gasteiger partial charge in [-0.15, -0.1) is 0 Å². The molecule has 0 aromatic heterocycles. The predicted molar refractivity (Wildman–Crippen MR) is 87.7 cm³/mol. The van der Waals surface area contributed by atoms with Gasteiger partial charge in [0.05, 0.1) is 6.61 Å². The highest BCUT2D eigenvalue weighted by Crippen LogP contribution is 2.14. The van der Waals surface area contributed by atoms with Gasteiger partial charge >= 0.3 is 0 Å². The van der Waals surface area contributed by atoms with Crippen molar-refractivity contribution in [2.75, 3.05) is 45.9 Å². The van der Waals surface area contributed by atoms with Crippen molar-refractivity contribution in [3.8, 4) is 0 Å². The molecule has 2 aliphatic heterocycles. The van der Waals surface area contributed by atoms with Gasteiger partial charge in [-0.1, -0.05) is 30.3 Å². The van der Waals surface area contributed by atoms with Crippen LogP contribution in [0.5, 0.6) is 0 Å². The highest BCUT2D eigenvalue weighted by Gasteiger charge is 2.18. The molecule has 0 N–H and O–H groups in total. The van der Waals surface area contributed by atoms with Gasteiger partial charge in [-0.25, -0.2) is 0 Å². The van der Waals surface area contributed by atoms with Crippen molar-refractivity contribution in [2.24, 2.45) is 0 Å². The van der Waals surface area contributed by atoms with Gasteiger partial charge in [0.15, 0.2) is 6.29 Å². The molecule has 0 radical (unpaired) electrons. The molecule has 1 aromatic carbocycles. The average molecular weight is 304 g/mol. The smallest absolute Gasteiger partial charge is 0.157 e. The van der Waals surface area contributed by atoms with Gasteiger partial charge in [-0.2, -0.15) is 0 Å². The molecule has 122 valence electrons. The van der Waals surface area contributed by atoms with Gasteiger partial charge in [0.2, 0.25) is 0 Å². The Bertz CT molecular complexity index is 412. The Morgan fingerprint density at radius 3 is 2.50 bits per heavy atom. The number of rotatable bonds is 6. The number of ether oxygens (including phenoxy) is 2. The van der Waals surface area contributed by atoms with Crippen molar-refractivity contribution in [1.29, 1.82) is 0 Å². The molecule has 3 rings (SSSR count). The van der Waals surface area contributed by atoms with E-state index in [0.717, 1.165) is 58.9 Å². The van der Waals surface area contributed by atoms with Gasteiger partial charge in [0, 0.05) is 45.9 Å². The summed E-state index contributed by atoms with van der Waals surface area (Å²) in [6.07, 6.45) is 3.53. The molecular formula is C18H28N2O2. The molecule has 0 saturated carbocycles. The molecule has 2 fully saturated rings. The van der Waals surface area contributed by atoms with Crippen LogP contribution >= 0.6 is 0 Å². The third-order valence-electron chi connectivity index (χ3n) is 4.56. The second-order valence-corrected chi connectivity index (χ2v) is 6.27. The minimum absolute atomic E-state index is 0.0492. The molecule has 2 aliphatic rings. The first-order valence-electron chi connectivity index (χ1n) is 8.62. The Hall–Kier alpha value is -0.940. The fraction of sp³-hybridized carbons (Fsp3) is 0.667. The lowest BCUT2D eigenvalue weighted by Gasteiger charge is -2.35. The zero-order valence-corrected chi connectivity index (χ0v) is 13.5. The minimum Gasteiger partial charge on any atom is -0.353 e. The van der Waals surface area contributed by atoms with Crippen LogP contribution in [0, 0.1) is 0 Å². The molecule has 2 saturated heterocycles. The first-order chi connectivity index (χ1) is 10.9. The van der Waals surface area contributed by atoms with Crippen LogP contribution in [0.25, 0.3) is 0 Å². The fourth-order valence-electron chi connectivity index (χ4n) is 3.17. The molecule has 22 heavy (non-hydrogen) atoms. The van der Waals surface area contributed by atoms with E-state index in [4.69, 9.17) is 9.47 Å². The first-order valence-corrected chi connectivity index (χ1v) is 8.62. The normalized spacial score (nSPS) is 24.5. The van der Waals surface area contributed by atoms with E-state index < -0.39 is 0 Å². The van der Waals surface area contributed by atoms with Crippen LogP contribution < -0.4 is 0 Å². The van der Waals surface area contributed by atoms with Crippen LogP contribution in [0.3, 0.4) is 0 Å². The first kappa shape index (κ1) is 15.9. The van der Waals surface area contributed by atoms with E-state index in [1.165, 1.54) is 18.4 Å².